The molecule has 0 aliphatic carbocycles. The Hall–Kier alpha value is -2.60. The number of rotatable bonds is 4. The molecule has 1 atom stereocenters. The first kappa shape index (κ1) is 18.7. The number of likely N-dealkylation sites (tertiary alicyclic amines) is 1. The maximum atomic E-state index is 13.3. The molecule has 148 valence electrons. The standard InChI is InChI=1S/C21H22ClNO5/c1-25-19-12-14(10-15(22)20(19)26-2)21(24)23-7-3-4-16(23)13-5-6-17-18(11-13)28-9-8-27-17/h5-6,10-12,16H,3-4,7-9H2,1-2H3/t16-/m1/s1. The highest BCUT2D eigenvalue weighted by atomic mass is 35.5. The van der Waals surface area contributed by atoms with Crippen LogP contribution in [0.15, 0.2) is 30.3 Å². The van der Waals surface area contributed by atoms with Gasteiger partial charge in [0, 0.05) is 12.1 Å². The molecule has 0 bridgehead atoms. The Morgan fingerprint density at radius 2 is 1.89 bits per heavy atom. The summed E-state index contributed by atoms with van der Waals surface area (Å²) in [5, 5.41) is 0.347. The van der Waals surface area contributed by atoms with Gasteiger partial charge >= 0.3 is 0 Å². The summed E-state index contributed by atoms with van der Waals surface area (Å²) in [4.78, 5) is 15.1. The van der Waals surface area contributed by atoms with Crippen LogP contribution in [-0.4, -0.2) is 44.8 Å². The zero-order valence-electron chi connectivity index (χ0n) is 15.9. The van der Waals surface area contributed by atoms with Gasteiger partial charge in [-0.3, -0.25) is 4.79 Å². The number of hydrogen-bond donors (Lipinski definition) is 0. The lowest BCUT2D eigenvalue weighted by molar-refractivity contribution is 0.0734. The van der Waals surface area contributed by atoms with Crippen molar-refractivity contribution in [3.8, 4) is 23.0 Å². The molecule has 0 spiro atoms. The van der Waals surface area contributed by atoms with Crippen molar-refractivity contribution in [2.24, 2.45) is 0 Å². The number of carbonyl (C=O) groups is 1. The Balaban J connectivity index is 1.63. The van der Waals surface area contributed by atoms with Crippen LogP contribution in [0.5, 0.6) is 23.0 Å². The molecule has 4 rings (SSSR count). The number of halogens is 1. The highest BCUT2D eigenvalue weighted by molar-refractivity contribution is 6.32. The van der Waals surface area contributed by atoms with Gasteiger partial charge in [0.15, 0.2) is 23.0 Å². The number of hydrogen-bond acceptors (Lipinski definition) is 5. The first-order chi connectivity index (χ1) is 13.6. The molecule has 7 heteroatoms. The van der Waals surface area contributed by atoms with Gasteiger partial charge in [-0.05, 0) is 42.7 Å². The van der Waals surface area contributed by atoms with E-state index < -0.39 is 0 Å². The van der Waals surface area contributed by atoms with Crippen LogP contribution in [0.2, 0.25) is 5.02 Å². The smallest absolute Gasteiger partial charge is 0.254 e. The quantitative estimate of drug-likeness (QED) is 0.769. The maximum Gasteiger partial charge on any atom is 0.254 e. The highest BCUT2D eigenvalue weighted by Crippen LogP contribution is 2.40. The summed E-state index contributed by atoms with van der Waals surface area (Å²) in [5.74, 6) is 2.26. The second kappa shape index (κ2) is 7.80. The van der Waals surface area contributed by atoms with E-state index in [4.69, 9.17) is 30.5 Å². The molecule has 28 heavy (non-hydrogen) atoms. The second-order valence-electron chi connectivity index (χ2n) is 6.75. The van der Waals surface area contributed by atoms with Crippen LogP contribution in [0, 0.1) is 0 Å². The van der Waals surface area contributed by atoms with Crippen LogP contribution in [0.25, 0.3) is 0 Å². The van der Waals surface area contributed by atoms with Gasteiger partial charge in [0.05, 0.1) is 25.3 Å². The van der Waals surface area contributed by atoms with Crippen LogP contribution in [-0.2, 0) is 0 Å². The summed E-state index contributed by atoms with van der Waals surface area (Å²) in [6.07, 6.45) is 1.83. The molecule has 2 aliphatic rings. The number of nitrogens with zero attached hydrogens (tertiary/aromatic N) is 1. The first-order valence-electron chi connectivity index (χ1n) is 9.24. The minimum atomic E-state index is -0.0831. The Morgan fingerprint density at radius 1 is 1.11 bits per heavy atom. The molecule has 0 radical (unpaired) electrons. The molecule has 2 aromatic carbocycles. The predicted molar refractivity (Wildman–Crippen MR) is 105 cm³/mol. The van der Waals surface area contributed by atoms with Crippen molar-refractivity contribution in [1.82, 2.24) is 4.90 Å². The van der Waals surface area contributed by atoms with Crippen molar-refractivity contribution in [3.63, 3.8) is 0 Å². The number of fused-ring (bicyclic) bond motifs is 1. The van der Waals surface area contributed by atoms with E-state index in [2.05, 4.69) is 0 Å². The SMILES string of the molecule is COc1cc(C(=O)N2CCC[C@@H]2c2ccc3c(c2)OCCO3)cc(Cl)c1OC. The Labute approximate surface area is 168 Å². The number of methoxy groups -OCH3 is 2. The molecule has 0 unspecified atom stereocenters. The van der Waals surface area contributed by atoms with Crippen molar-refractivity contribution >= 4 is 17.5 Å². The summed E-state index contributed by atoms with van der Waals surface area (Å²) in [7, 11) is 3.04. The van der Waals surface area contributed by atoms with Crippen LogP contribution >= 0.6 is 11.6 Å². The minimum absolute atomic E-state index is 0.0183. The van der Waals surface area contributed by atoms with Crippen LogP contribution in [0.1, 0.15) is 34.8 Å². The fourth-order valence-corrected chi connectivity index (χ4v) is 4.12. The lowest BCUT2D eigenvalue weighted by Gasteiger charge is -2.27. The summed E-state index contributed by atoms with van der Waals surface area (Å²) in [6, 6.07) is 9.18. The van der Waals surface area contributed by atoms with Gasteiger partial charge in [-0.1, -0.05) is 17.7 Å². The summed E-state index contributed by atoms with van der Waals surface area (Å²) >= 11 is 6.29. The zero-order valence-corrected chi connectivity index (χ0v) is 16.6. The van der Waals surface area contributed by atoms with Crippen LogP contribution in [0.3, 0.4) is 0 Å². The average Bonchev–Trinajstić information content (AvgIpc) is 3.22. The molecule has 1 fully saturated rings. The normalized spacial score (nSPS) is 18.1. The number of benzene rings is 2. The molecule has 0 saturated carbocycles. The van der Waals surface area contributed by atoms with E-state index in [1.54, 1.807) is 12.1 Å². The van der Waals surface area contributed by atoms with E-state index in [9.17, 15) is 4.79 Å². The van der Waals surface area contributed by atoms with E-state index in [1.807, 2.05) is 23.1 Å². The minimum Gasteiger partial charge on any atom is -0.493 e. The van der Waals surface area contributed by atoms with Crippen molar-refractivity contribution in [2.75, 3.05) is 34.0 Å². The number of amides is 1. The molecule has 6 nitrogen and oxygen atoms in total. The van der Waals surface area contributed by atoms with Crippen LogP contribution < -0.4 is 18.9 Å². The summed E-state index contributed by atoms with van der Waals surface area (Å²) in [6.45, 7) is 1.78. The molecule has 1 saturated heterocycles. The number of ether oxygens (including phenoxy) is 4. The van der Waals surface area contributed by atoms with Crippen molar-refractivity contribution in [3.05, 3.63) is 46.5 Å². The Morgan fingerprint density at radius 3 is 2.64 bits per heavy atom. The van der Waals surface area contributed by atoms with Crippen molar-refractivity contribution < 1.29 is 23.7 Å². The van der Waals surface area contributed by atoms with E-state index in [0.717, 1.165) is 29.9 Å². The Bertz CT molecular complexity index is 901. The van der Waals surface area contributed by atoms with E-state index in [-0.39, 0.29) is 11.9 Å². The monoisotopic (exact) mass is 403 g/mol. The zero-order chi connectivity index (χ0) is 19.7. The van der Waals surface area contributed by atoms with E-state index in [0.29, 0.717) is 41.8 Å². The first-order valence-corrected chi connectivity index (χ1v) is 9.62. The van der Waals surface area contributed by atoms with Gasteiger partial charge in [0.25, 0.3) is 5.91 Å². The molecule has 0 N–H and O–H groups in total. The second-order valence-corrected chi connectivity index (χ2v) is 7.16. The molecule has 0 aromatic heterocycles. The summed E-state index contributed by atoms with van der Waals surface area (Å²) in [5.41, 5.74) is 1.52. The fraction of sp³-hybridized carbons (Fsp3) is 0.381. The lowest BCUT2D eigenvalue weighted by Crippen LogP contribution is -2.30. The van der Waals surface area contributed by atoms with Gasteiger partial charge in [-0.25, -0.2) is 0 Å². The lowest BCUT2D eigenvalue weighted by atomic mass is 10.0. The Kier molecular flexibility index (Phi) is 5.22. The van der Waals surface area contributed by atoms with Gasteiger partial charge < -0.3 is 23.8 Å². The van der Waals surface area contributed by atoms with Gasteiger partial charge in [-0.15, -0.1) is 0 Å². The van der Waals surface area contributed by atoms with E-state index >= 15 is 0 Å². The molecular weight excluding hydrogens is 382 g/mol. The number of carbonyl (C=O) groups excluding carboxylic acids is 1. The molecule has 1 amide bonds. The molecular formula is C21H22ClNO5. The van der Waals surface area contributed by atoms with Gasteiger partial charge in [0.2, 0.25) is 0 Å². The fourth-order valence-electron chi connectivity index (χ4n) is 3.83. The van der Waals surface area contributed by atoms with Crippen molar-refractivity contribution in [1.29, 1.82) is 0 Å². The topological polar surface area (TPSA) is 57.2 Å². The highest BCUT2D eigenvalue weighted by Gasteiger charge is 2.32. The van der Waals surface area contributed by atoms with Gasteiger partial charge in [-0.2, -0.15) is 0 Å². The molecule has 2 aliphatic heterocycles. The summed E-state index contributed by atoms with van der Waals surface area (Å²) < 4.78 is 21.9. The average molecular weight is 404 g/mol. The van der Waals surface area contributed by atoms with E-state index in [1.165, 1.54) is 14.2 Å². The third-order valence-electron chi connectivity index (χ3n) is 5.15. The van der Waals surface area contributed by atoms with Crippen LogP contribution in [0.4, 0.5) is 0 Å². The molecule has 2 aromatic rings. The van der Waals surface area contributed by atoms with Gasteiger partial charge in [0.1, 0.15) is 13.2 Å². The largest absolute Gasteiger partial charge is 0.493 e. The third-order valence-corrected chi connectivity index (χ3v) is 5.43. The molecule has 2 heterocycles. The maximum absolute atomic E-state index is 13.3. The third kappa shape index (κ3) is 3.33. The van der Waals surface area contributed by atoms with Crippen molar-refractivity contribution in [2.45, 2.75) is 18.9 Å². The predicted octanol–water partition coefficient (Wildman–Crippen LogP) is 4.11.